The number of Topliss-reactive ketones (excluding diaryl/α,β-unsaturated/α-hetero) is 2. The van der Waals surface area contributed by atoms with Gasteiger partial charge in [-0.15, -0.1) is 0 Å². The van der Waals surface area contributed by atoms with Crippen molar-refractivity contribution in [2.24, 2.45) is 5.92 Å². The van der Waals surface area contributed by atoms with E-state index in [-0.39, 0.29) is 22.6 Å². The Labute approximate surface area is 177 Å². The highest BCUT2D eigenvalue weighted by molar-refractivity contribution is 7.30. The SMILES string of the molecule is COc1ccc(C(=O)C(P=O)(C(=O)c2ccc(OC)cc2OC)C(C)C)c(OC)c1. The Hall–Kier alpha value is -2.92. The van der Waals surface area contributed by atoms with Crippen LogP contribution in [0.3, 0.4) is 0 Å². The maximum atomic E-state index is 13.6. The monoisotopic (exact) mass is 432 g/mol. The van der Waals surface area contributed by atoms with Gasteiger partial charge in [0.05, 0.1) is 39.6 Å². The first-order chi connectivity index (χ1) is 14.3. The molecule has 0 aliphatic heterocycles. The molecule has 2 aromatic rings. The Morgan fingerprint density at radius 3 is 1.43 bits per heavy atom. The van der Waals surface area contributed by atoms with Crippen LogP contribution in [0.2, 0.25) is 0 Å². The van der Waals surface area contributed by atoms with Crippen molar-refractivity contribution < 1.29 is 33.1 Å². The molecule has 8 heteroatoms. The maximum Gasteiger partial charge on any atom is 0.192 e. The van der Waals surface area contributed by atoms with Crippen molar-refractivity contribution in [3.8, 4) is 23.0 Å². The number of carbonyl (C=O) groups is 2. The molecule has 30 heavy (non-hydrogen) atoms. The standard InChI is InChI=1S/C22H25O7P/c1-13(2)22(30-25,20(23)16-9-7-14(26-3)11-18(16)28-5)21(24)17-10-8-15(27-4)12-19(17)29-6/h7-13H,1-6H3. The summed E-state index contributed by atoms with van der Waals surface area (Å²) in [4.78, 5) is 27.3. The summed E-state index contributed by atoms with van der Waals surface area (Å²) in [5.41, 5.74) is 0.271. The van der Waals surface area contributed by atoms with Crippen molar-refractivity contribution in [3.05, 3.63) is 47.5 Å². The van der Waals surface area contributed by atoms with Crippen LogP contribution in [-0.4, -0.2) is 45.2 Å². The van der Waals surface area contributed by atoms with Crippen LogP contribution in [-0.2, 0) is 4.57 Å². The minimum absolute atomic E-state index is 0.135. The lowest BCUT2D eigenvalue weighted by Gasteiger charge is -2.29. The predicted molar refractivity (Wildman–Crippen MR) is 113 cm³/mol. The normalized spacial score (nSPS) is 11.3. The quantitative estimate of drug-likeness (QED) is 0.311. The molecule has 0 atom stereocenters. The summed E-state index contributed by atoms with van der Waals surface area (Å²) in [6.45, 7) is 3.35. The smallest absolute Gasteiger partial charge is 0.192 e. The van der Waals surface area contributed by atoms with Gasteiger partial charge in [-0.1, -0.05) is 13.8 Å². The summed E-state index contributed by atoms with van der Waals surface area (Å²) in [6.07, 6.45) is 0. The van der Waals surface area contributed by atoms with Gasteiger partial charge in [-0.3, -0.25) is 14.2 Å². The highest BCUT2D eigenvalue weighted by Crippen LogP contribution is 2.42. The van der Waals surface area contributed by atoms with Crippen LogP contribution in [0.15, 0.2) is 36.4 Å². The van der Waals surface area contributed by atoms with E-state index in [2.05, 4.69) is 0 Å². The van der Waals surface area contributed by atoms with Gasteiger partial charge < -0.3 is 18.9 Å². The Bertz CT molecular complexity index is 885. The molecule has 2 aromatic carbocycles. The van der Waals surface area contributed by atoms with E-state index in [0.29, 0.717) is 11.5 Å². The molecule has 0 saturated heterocycles. The molecule has 0 fully saturated rings. The first-order valence-electron chi connectivity index (χ1n) is 9.18. The third kappa shape index (κ3) is 4.03. The number of ether oxygens (including phenoxy) is 4. The zero-order chi connectivity index (χ0) is 22.5. The van der Waals surface area contributed by atoms with E-state index in [1.807, 2.05) is 0 Å². The van der Waals surface area contributed by atoms with Gasteiger partial charge in [0.1, 0.15) is 23.0 Å². The van der Waals surface area contributed by atoms with Crippen LogP contribution in [0.5, 0.6) is 23.0 Å². The lowest BCUT2D eigenvalue weighted by atomic mass is 9.80. The average Bonchev–Trinajstić information content (AvgIpc) is 2.78. The van der Waals surface area contributed by atoms with Crippen molar-refractivity contribution >= 4 is 20.0 Å². The van der Waals surface area contributed by atoms with Gasteiger partial charge in [-0.2, -0.15) is 0 Å². The van der Waals surface area contributed by atoms with Gasteiger partial charge >= 0.3 is 0 Å². The fourth-order valence-electron chi connectivity index (χ4n) is 3.20. The summed E-state index contributed by atoms with van der Waals surface area (Å²) in [6, 6.07) is 9.25. The second kappa shape index (κ2) is 9.72. The second-order valence-electron chi connectivity index (χ2n) is 6.80. The largest absolute Gasteiger partial charge is 0.497 e. The number of hydrogen-bond donors (Lipinski definition) is 0. The van der Waals surface area contributed by atoms with Crippen molar-refractivity contribution in [1.29, 1.82) is 0 Å². The number of benzene rings is 2. The van der Waals surface area contributed by atoms with Crippen molar-refractivity contribution in [1.82, 2.24) is 0 Å². The number of hydrogen-bond acceptors (Lipinski definition) is 7. The van der Waals surface area contributed by atoms with E-state index in [1.165, 1.54) is 40.6 Å². The second-order valence-corrected chi connectivity index (χ2v) is 7.69. The zero-order valence-electron chi connectivity index (χ0n) is 17.8. The topological polar surface area (TPSA) is 88.1 Å². The molecule has 0 aliphatic carbocycles. The minimum Gasteiger partial charge on any atom is -0.497 e. The van der Waals surface area contributed by atoms with Gasteiger partial charge in [-0.25, -0.2) is 0 Å². The number of methoxy groups -OCH3 is 4. The third-order valence-corrected chi connectivity index (χ3v) is 6.19. The van der Waals surface area contributed by atoms with E-state index < -0.39 is 31.1 Å². The lowest BCUT2D eigenvalue weighted by molar-refractivity contribution is 0.0796. The van der Waals surface area contributed by atoms with E-state index in [0.717, 1.165) is 0 Å². The van der Waals surface area contributed by atoms with Crippen LogP contribution < -0.4 is 18.9 Å². The Balaban J connectivity index is 2.68. The number of ketones is 2. The fraction of sp³-hybridized carbons (Fsp3) is 0.364. The summed E-state index contributed by atoms with van der Waals surface area (Å²) < 4.78 is 33.5. The van der Waals surface area contributed by atoms with Crippen LogP contribution in [0.1, 0.15) is 34.6 Å². The van der Waals surface area contributed by atoms with Crippen molar-refractivity contribution in [3.63, 3.8) is 0 Å². The molecule has 160 valence electrons. The molecule has 0 saturated carbocycles. The molecular formula is C22H25O7P. The molecule has 2 rings (SSSR count). The molecule has 0 aromatic heterocycles. The summed E-state index contributed by atoms with van der Waals surface area (Å²) in [5.74, 6) is -0.392. The molecule has 0 bridgehead atoms. The van der Waals surface area contributed by atoms with Crippen molar-refractivity contribution in [2.75, 3.05) is 28.4 Å². The van der Waals surface area contributed by atoms with Crippen molar-refractivity contribution in [2.45, 2.75) is 19.0 Å². The predicted octanol–water partition coefficient (Wildman–Crippen LogP) is 4.47. The molecule has 0 N–H and O–H groups in total. The van der Waals surface area contributed by atoms with Gasteiger partial charge in [0.2, 0.25) is 0 Å². The maximum absolute atomic E-state index is 13.6. The molecule has 7 nitrogen and oxygen atoms in total. The van der Waals surface area contributed by atoms with E-state index in [4.69, 9.17) is 18.9 Å². The zero-order valence-corrected chi connectivity index (χ0v) is 18.7. The molecule has 0 amide bonds. The minimum atomic E-state index is -1.87. The lowest BCUT2D eigenvalue weighted by Crippen LogP contribution is -2.46. The van der Waals surface area contributed by atoms with E-state index in [9.17, 15) is 14.2 Å². The van der Waals surface area contributed by atoms with Crippen LogP contribution in [0.4, 0.5) is 0 Å². The number of rotatable bonds is 10. The van der Waals surface area contributed by atoms with Crippen LogP contribution in [0, 0.1) is 5.92 Å². The van der Waals surface area contributed by atoms with E-state index in [1.54, 1.807) is 38.1 Å². The Morgan fingerprint density at radius 2 is 1.17 bits per heavy atom. The molecule has 0 radical (unpaired) electrons. The Morgan fingerprint density at radius 1 is 0.767 bits per heavy atom. The number of carbonyl (C=O) groups excluding carboxylic acids is 2. The van der Waals surface area contributed by atoms with Crippen LogP contribution >= 0.6 is 8.46 Å². The first kappa shape index (κ1) is 23.4. The average molecular weight is 432 g/mol. The van der Waals surface area contributed by atoms with Gasteiger partial charge in [0.25, 0.3) is 0 Å². The fourth-order valence-corrected chi connectivity index (χ4v) is 3.82. The molecule has 0 heterocycles. The molecule has 0 aliphatic rings. The molecular weight excluding hydrogens is 407 g/mol. The highest BCUT2D eigenvalue weighted by atomic mass is 31.1. The third-order valence-electron chi connectivity index (χ3n) is 4.98. The highest BCUT2D eigenvalue weighted by Gasteiger charge is 2.51. The molecule has 0 spiro atoms. The summed E-state index contributed by atoms with van der Waals surface area (Å²) in [7, 11) is 5.17. The van der Waals surface area contributed by atoms with Gasteiger partial charge in [0, 0.05) is 12.1 Å². The summed E-state index contributed by atoms with van der Waals surface area (Å²) >= 11 is 0. The summed E-state index contributed by atoms with van der Waals surface area (Å²) in [5, 5.41) is -1.87. The first-order valence-corrected chi connectivity index (χ1v) is 10.00. The van der Waals surface area contributed by atoms with E-state index >= 15 is 0 Å². The van der Waals surface area contributed by atoms with Crippen LogP contribution in [0.25, 0.3) is 0 Å². The Kier molecular flexibility index (Phi) is 7.57. The van der Waals surface area contributed by atoms with Gasteiger partial charge in [0.15, 0.2) is 25.2 Å². The van der Waals surface area contributed by atoms with Gasteiger partial charge in [-0.05, 0) is 30.2 Å². The molecule has 0 unspecified atom stereocenters.